The summed E-state index contributed by atoms with van der Waals surface area (Å²) in [6.07, 6.45) is 6.73. The molecule has 1 amide bonds. The second-order valence-electron chi connectivity index (χ2n) is 4.13. The monoisotopic (exact) mass is 237 g/mol. The SMILES string of the molecule is O=C(O)[C@@H]1CCCN1C(=O)CCn1ccnc1. The third-order valence-corrected chi connectivity index (χ3v) is 3.00. The lowest BCUT2D eigenvalue weighted by molar-refractivity contribution is -0.148. The van der Waals surface area contributed by atoms with Gasteiger partial charge in [-0.2, -0.15) is 0 Å². The molecule has 1 aliphatic heterocycles. The summed E-state index contributed by atoms with van der Waals surface area (Å²) in [5, 5.41) is 8.98. The van der Waals surface area contributed by atoms with E-state index in [0.717, 1.165) is 6.42 Å². The summed E-state index contributed by atoms with van der Waals surface area (Å²) in [7, 11) is 0. The van der Waals surface area contributed by atoms with Crippen molar-refractivity contribution in [3.63, 3.8) is 0 Å². The highest BCUT2D eigenvalue weighted by atomic mass is 16.4. The first kappa shape index (κ1) is 11.6. The van der Waals surface area contributed by atoms with Gasteiger partial charge in [0.25, 0.3) is 0 Å². The van der Waals surface area contributed by atoms with E-state index < -0.39 is 12.0 Å². The van der Waals surface area contributed by atoms with Crippen molar-refractivity contribution in [1.29, 1.82) is 0 Å². The maximum atomic E-state index is 11.9. The van der Waals surface area contributed by atoms with Gasteiger partial charge < -0.3 is 14.6 Å². The van der Waals surface area contributed by atoms with Gasteiger partial charge in [0.05, 0.1) is 6.33 Å². The average Bonchev–Trinajstić information content (AvgIpc) is 2.96. The smallest absolute Gasteiger partial charge is 0.326 e. The Bertz CT molecular complexity index is 402. The van der Waals surface area contributed by atoms with Crippen LogP contribution in [0.15, 0.2) is 18.7 Å². The van der Waals surface area contributed by atoms with E-state index in [2.05, 4.69) is 4.98 Å². The summed E-state index contributed by atoms with van der Waals surface area (Å²) in [4.78, 5) is 28.2. The Labute approximate surface area is 98.9 Å². The fourth-order valence-electron chi connectivity index (χ4n) is 2.11. The summed E-state index contributed by atoms with van der Waals surface area (Å²) in [6.45, 7) is 1.10. The van der Waals surface area contributed by atoms with Crippen molar-refractivity contribution in [3.8, 4) is 0 Å². The van der Waals surface area contributed by atoms with Gasteiger partial charge in [-0.1, -0.05) is 0 Å². The molecule has 0 saturated carbocycles. The highest BCUT2D eigenvalue weighted by Crippen LogP contribution is 2.18. The van der Waals surface area contributed by atoms with Gasteiger partial charge in [-0.05, 0) is 12.8 Å². The highest BCUT2D eigenvalue weighted by molar-refractivity contribution is 5.84. The number of hydrogen-bond acceptors (Lipinski definition) is 3. The molecule has 1 aromatic heterocycles. The van der Waals surface area contributed by atoms with Gasteiger partial charge in [0.2, 0.25) is 5.91 Å². The molecule has 1 aromatic rings. The van der Waals surface area contributed by atoms with Crippen molar-refractivity contribution >= 4 is 11.9 Å². The molecule has 92 valence electrons. The summed E-state index contributed by atoms with van der Waals surface area (Å²) in [5.41, 5.74) is 0. The number of rotatable bonds is 4. The van der Waals surface area contributed by atoms with Crippen molar-refractivity contribution in [1.82, 2.24) is 14.5 Å². The van der Waals surface area contributed by atoms with E-state index in [0.29, 0.717) is 25.9 Å². The number of likely N-dealkylation sites (tertiary alicyclic amines) is 1. The number of aryl methyl sites for hydroxylation is 1. The summed E-state index contributed by atoms with van der Waals surface area (Å²) in [6, 6.07) is -0.634. The number of hydrogen-bond donors (Lipinski definition) is 1. The number of carbonyl (C=O) groups is 2. The van der Waals surface area contributed by atoms with E-state index in [1.165, 1.54) is 4.90 Å². The van der Waals surface area contributed by atoms with E-state index in [1.807, 2.05) is 4.57 Å². The number of carboxylic acids is 1. The van der Waals surface area contributed by atoms with Gasteiger partial charge >= 0.3 is 5.97 Å². The summed E-state index contributed by atoms with van der Waals surface area (Å²) < 4.78 is 1.81. The fourth-order valence-corrected chi connectivity index (χ4v) is 2.11. The molecule has 1 aliphatic rings. The van der Waals surface area contributed by atoms with Crippen LogP contribution in [0.3, 0.4) is 0 Å². The van der Waals surface area contributed by atoms with Gasteiger partial charge in [0.1, 0.15) is 6.04 Å². The molecule has 6 heteroatoms. The Morgan fingerprint density at radius 1 is 1.47 bits per heavy atom. The van der Waals surface area contributed by atoms with Gasteiger partial charge in [-0.3, -0.25) is 4.79 Å². The maximum absolute atomic E-state index is 11.9. The van der Waals surface area contributed by atoms with E-state index in [1.54, 1.807) is 18.7 Å². The molecule has 0 spiro atoms. The first-order valence-corrected chi connectivity index (χ1v) is 5.66. The van der Waals surface area contributed by atoms with E-state index in [-0.39, 0.29) is 5.91 Å². The number of aliphatic carboxylic acids is 1. The van der Waals surface area contributed by atoms with Gasteiger partial charge in [0.15, 0.2) is 0 Å². The molecule has 1 saturated heterocycles. The Morgan fingerprint density at radius 2 is 2.29 bits per heavy atom. The topological polar surface area (TPSA) is 75.4 Å². The van der Waals surface area contributed by atoms with E-state index in [9.17, 15) is 9.59 Å². The maximum Gasteiger partial charge on any atom is 0.326 e. The Morgan fingerprint density at radius 3 is 2.94 bits per heavy atom. The number of nitrogens with zero attached hydrogens (tertiary/aromatic N) is 3. The lowest BCUT2D eigenvalue weighted by atomic mass is 10.2. The summed E-state index contributed by atoms with van der Waals surface area (Å²) in [5.74, 6) is -0.998. The van der Waals surface area contributed by atoms with Crippen LogP contribution >= 0.6 is 0 Å². The first-order valence-electron chi connectivity index (χ1n) is 5.66. The molecule has 1 fully saturated rings. The van der Waals surface area contributed by atoms with Gasteiger partial charge in [0, 0.05) is 31.9 Å². The molecule has 0 bridgehead atoms. The van der Waals surface area contributed by atoms with Crippen molar-refractivity contribution < 1.29 is 14.7 Å². The van der Waals surface area contributed by atoms with Crippen LogP contribution in [0.5, 0.6) is 0 Å². The largest absolute Gasteiger partial charge is 0.480 e. The van der Waals surface area contributed by atoms with Crippen LogP contribution in [0.4, 0.5) is 0 Å². The molecule has 17 heavy (non-hydrogen) atoms. The third-order valence-electron chi connectivity index (χ3n) is 3.00. The minimum atomic E-state index is -0.904. The average molecular weight is 237 g/mol. The standard InChI is InChI=1S/C11H15N3O3/c15-10(3-6-13-7-4-12-8-13)14-5-1-2-9(14)11(16)17/h4,7-9H,1-3,5-6H2,(H,16,17)/t9-/m0/s1. The van der Waals surface area contributed by atoms with Crippen LogP contribution in [0.25, 0.3) is 0 Å². The molecule has 0 unspecified atom stereocenters. The van der Waals surface area contributed by atoms with Crippen LogP contribution < -0.4 is 0 Å². The number of carboxylic acid groups (broad SMARTS) is 1. The fraction of sp³-hybridized carbons (Fsp3) is 0.545. The molecule has 1 atom stereocenters. The highest BCUT2D eigenvalue weighted by Gasteiger charge is 2.33. The lowest BCUT2D eigenvalue weighted by Crippen LogP contribution is -2.40. The minimum absolute atomic E-state index is 0.0939. The zero-order chi connectivity index (χ0) is 12.3. The van der Waals surface area contributed by atoms with Gasteiger partial charge in [-0.25, -0.2) is 9.78 Å². The third kappa shape index (κ3) is 2.64. The van der Waals surface area contributed by atoms with Crippen molar-refractivity contribution in [2.75, 3.05) is 6.54 Å². The van der Waals surface area contributed by atoms with Crippen LogP contribution in [-0.4, -0.2) is 44.0 Å². The number of amides is 1. The van der Waals surface area contributed by atoms with Crippen molar-refractivity contribution in [2.24, 2.45) is 0 Å². The first-order chi connectivity index (χ1) is 8.18. The number of imidazole rings is 1. The summed E-state index contributed by atoms with van der Waals surface area (Å²) >= 11 is 0. The van der Waals surface area contributed by atoms with E-state index in [4.69, 9.17) is 5.11 Å². The Hall–Kier alpha value is -1.85. The Kier molecular flexibility index (Phi) is 3.41. The van der Waals surface area contributed by atoms with Crippen molar-refractivity contribution in [2.45, 2.75) is 31.8 Å². The predicted molar refractivity (Wildman–Crippen MR) is 59.2 cm³/mol. The minimum Gasteiger partial charge on any atom is -0.480 e. The molecular formula is C11H15N3O3. The number of aromatic nitrogens is 2. The van der Waals surface area contributed by atoms with Crippen LogP contribution in [-0.2, 0) is 16.1 Å². The molecule has 0 aromatic carbocycles. The molecule has 2 heterocycles. The van der Waals surface area contributed by atoms with Crippen LogP contribution in [0.1, 0.15) is 19.3 Å². The number of carbonyl (C=O) groups excluding carboxylic acids is 1. The predicted octanol–water partition coefficient (Wildman–Crippen LogP) is 0.349. The Balaban J connectivity index is 1.89. The lowest BCUT2D eigenvalue weighted by Gasteiger charge is -2.21. The van der Waals surface area contributed by atoms with Crippen LogP contribution in [0.2, 0.25) is 0 Å². The molecular weight excluding hydrogens is 222 g/mol. The van der Waals surface area contributed by atoms with Crippen molar-refractivity contribution in [3.05, 3.63) is 18.7 Å². The van der Waals surface area contributed by atoms with E-state index >= 15 is 0 Å². The molecule has 0 aliphatic carbocycles. The zero-order valence-electron chi connectivity index (χ0n) is 9.45. The second kappa shape index (κ2) is 4.99. The molecule has 2 rings (SSSR count). The molecule has 1 N–H and O–H groups in total. The second-order valence-corrected chi connectivity index (χ2v) is 4.13. The normalized spacial score (nSPS) is 19.5. The molecule has 0 radical (unpaired) electrons. The van der Waals surface area contributed by atoms with Crippen LogP contribution in [0, 0.1) is 0 Å². The molecule has 6 nitrogen and oxygen atoms in total. The van der Waals surface area contributed by atoms with Gasteiger partial charge in [-0.15, -0.1) is 0 Å². The quantitative estimate of drug-likeness (QED) is 0.819. The zero-order valence-corrected chi connectivity index (χ0v) is 9.45.